The largest absolute Gasteiger partial charge is 0.493 e. The van der Waals surface area contributed by atoms with Crippen molar-refractivity contribution >= 4 is 21.8 Å². The summed E-state index contributed by atoms with van der Waals surface area (Å²) in [6.07, 6.45) is 0. The van der Waals surface area contributed by atoms with Crippen molar-refractivity contribution in [2.75, 3.05) is 14.2 Å². The van der Waals surface area contributed by atoms with Crippen LogP contribution in [0.4, 0.5) is 0 Å². The second kappa shape index (κ2) is 7.00. The number of methoxy groups -OCH3 is 2. The van der Waals surface area contributed by atoms with Gasteiger partial charge in [0.2, 0.25) is 5.90 Å². The van der Waals surface area contributed by atoms with Crippen LogP contribution in [-0.2, 0) is 0 Å². The summed E-state index contributed by atoms with van der Waals surface area (Å²) in [6, 6.07) is 9.99. The molecule has 6 heteroatoms. The highest BCUT2D eigenvalue weighted by Crippen LogP contribution is 2.47. The van der Waals surface area contributed by atoms with Gasteiger partial charge >= 0.3 is 0 Å². The van der Waals surface area contributed by atoms with Crippen LogP contribution < -0.4 is 14.2 Å². The van der Waals surface area contributed by atoms with Gasteiger partial charge in [-0.15, -0.1) is 0 Å². The lowest BCUT2D eigenvalue weighted by Gasteiger charge is -2.32. The Balaban J connectivity index is 2.26. The van der Waals surface area contributed by atoms with Gasteiger partial charge in [0, 0.05) is 11.5 Å². The SMILES string of the molecule is COc1cc(C2c3ccc(C)c(C)c3OC(=N)C2C#N)cc(Br)c1OC. The van der Waals surface area contributed by atoms with E-state index in [0.29, 0.717) is 17.2 Å². The van der Waals surface area contributed by atoms with Gasteiger partial charge < -0.3 is 14.2 Å². The van der Waals surface area contributed by atoms with Crippen molar-refractivity contribution in [2.24, 2.45) is 5.92 Å². The Morgan fingerprint density at radius 2 is 1.92 bits per heavy atom. The third kappa shape index (κ3) is 2.82. The first-order valence-corrected chi connectivity index (χ1v) is 8.89. The molecule has 2 aromatic rings. The van der Waals surface area contributed by atoms with Gasteiger partial charge in [0.1, 0.15) is 11.7 Å². The zero-order valence-electron chi connectivity index (χ0n) is 15.0. The lowest BCUT2D eigenvalue weighted by Crippen LogP contribution is -2.31. The molecule has 0 saturated heterocycles. The van der Waals surface area contributed by atoms with Crippen LogP contribution in [0.2, 0.25) is 0 Å². The molecule has 2 aromatic carbocycles. The highest BCUT2D eigenvalue weighted by atomic mass is 79.9. The van der Waals surface area contributed by atoms with Crippen molar-refractivity contribution in [3.63, 3.8) is 0 Å². The number of rotatable bonds is 3. The number of fused-ring (bicyclic) bond motifs is 1. The lowest BCUT2D eigenvalue weighted by atomic mass is 9.78. The highest BCUT2D eigenvalue weighted by Gasteiger charge is 2.38. The summed E-state index contributed by atoms with van der Waals surface area (Å²) < 4.78 is 17.3. The number of ether oxygens (including phenoxy) is 3. The molecule has 0 fully saturated rings. The van der Waals surface area contributed by atoms with E-state index in [4.69, 9.17) is 19.6 Å². The number of hydrogen-bond acceptors (Lipinski definition) is 5. The molecule has 1 heterocycles. The summed E-state index contributed by atoms with van der Waals surface area (Å²) in [5.74, 6) is 0.743. The Labute approximate surface area is 161 Å². The van der Waals surface area contributed by atoms with Gasteiger partial charge in [-0.05, 0) is 58.6 Å². The molecule has 2 atom stereocenters. The van der Waals surface area contributed by atoms with Gasteiger partial charge in [-0.25, -0.2) is 0 Å². The molecule has 0 bridgehead atoms. The van der Waals surface area contributed by atoms with Crippen LogP contribution in [0.1, 0.15) is 28.2 Å². The fraction of sp³-hybridized carbons (Fsp3) is 0.300. The van der Waals surface area contributed by atoms with E-state index in [9.17, 15) is 5.26 Å². The molecule has 1 N–H and O–H groups in total. The molecular weight excluding hydrogens is 396 g/mol. The number of nitrogens with zero attached hydrogens (tertiary/aromatic N) is 1. The van der Waals surface area contributed by atoms with E-state index in [1.54, 1.807) is 14.2 Å². The summed E-state index contributed by atoms with van der Waals surface area (Å²) in [4.78, 5) is 0. The second-order valence-corrected chi connectivity index (χ2v) is 7.07. The molecule has 134 valence electrons. The number of hydrogen-bond donors (Lipinski definition) is 1. The highest BCUT2D eigenvalue weighted by molar-refractivity contribution is 9.10. The van der Waals surface area contributed by atoms with Crippen LogP contribution in [0.25, 0.3) is 0 Å². The van der Waals surface area contributed by atoms with Gasteiger partial charge in [0.05, 0.1) is 24.8 Å². The van der Waals surface area contributed by atoms with E-state index in [1.165, 1.54) is 0 Å². The lowest BCUT2D eigenvalue weighted by molar-refractivity contribution is 0.352. The molecule has 0 aliphatic carbocycles. The van der Waals surface area contributed by atoms with Crippen LogP contribution in [-0.4, -0.2) is 20.1 Å². The first-order valence-electron chi connectivity index (χ1n) is 8.10. The maximum absolute atomic E-state index is 9.70. The van der Waals surface area contributed by atoms with Crippen molar-refractivity contribution in [3.05, 3.63) is 51.0 Å². The third-order valence-electron chi connectivity index (χ3n) is 4.82. The normalized spacial score (nSPS) is 18.5. The van der Waals surface area contributed by atoms with Crippen LogP contribution in [0, 0.1) is 36.5 Å². The van der Waals surface area contributed by atoms with Gasteiger partial charge in [-0.1, -0.05) is 12.1 Å². The van der Waals surface area contributed by atoms with Crippen LogP contribution >= 0.6 is 15.9 Å². The Hall–Kier alpha value is -2.52. The first-order chi connectivity index (χ1) is 12.4. The molecule has 2 unspecified atom stereocenters. The molecule has 1 aliphatic rings. The molecular formula is C20H19BrN2O3. The molecule has 5 nitrogen and oxygen atoms in total. The van der Waals surface area contributed by atoms with E-state index < -0.39 is 5.92 Å². The van der Waals surface area contributed by atoms with Gasteiger partial charge in [0.15, 0.2) is 11.5 Å². The molecule has 0 radical (unpaired) electrons. The molecule has 0 saturated carbocycles. The quantitative estimate of drug-likeness (QED) is 0.787. The van der Waals surface area contributed by atoms with Crippen molar-refractivity contribution in [3.8, 4) is 23.3 Å². The Bertz CT molecular complexity index is 934. The average molecular weight is 415 g/mol. The molecule has 0 spiro atoms. The van der Waals surface area contributed by atoms with Gasteiger partial charge in [-0.2, -0.15) is 5.26 Å². The summed E-state index contributed by atoms with van der Waals surface area (Å²) in [5.41, 5.74) is 3.82. The van der Waals surface area contributed by atoms with Crippen LogP contribution in [0.15, 0.2) is 28.7 Å². The Morgan fingerprint density at radius 1 is 1.19 bits per heavy atom. The van der Waals surface area contributed by atoms with Crippen molar-refractivity contribution in [2.45, 2.75) is 19.8 Å². The standard InChI is InChI=1S/C20H19BrN2O3/c1-10-5-6-13-17(14(9-22)20(23)26-18(13)11(10)2)12-7-15(21)19(25-4)16(8-12)24-3/h5-8,14,17,23H,1-4H3. The smallest absolute Gasteiger partial charge is 0.205 e. The molecule has 0 aromatic heterocycles. The number of halogens is 1. The van der Waals surface area contributed by atoms with E-state index in [-0.39, 0.29) is 11.8 Å². The van der Waals surface area contributed by atoms with Crippen molar-refractivity contribution in [1.29, 1.82) is 10.7 Å². The topological polar surface area (TPSA) is 75.3 Å². The molecule has 26 heavy (non-hydrogen) atoms. The fourth-order valence-electron chi connectivity index (χ4n) is 3.32. The maximum atomic E-state index is 9.70. The number of nitriles is 1. The minimum atomic E-state index is -0.713. The van der Waals surface area contributed by atoms with E-state index >= 15 is 0 Å². The Morgan fingerprint density at radius 3 is 2.54 bits per heavy atom. The summed E-state index contributed by atoms with van der Waals surface area (Å²) in [6.45, 7) is 3.97. The Kier molecular flexibility index (Phi) is 4.92. The van der Waals surface area contributed by atoms with Crippen LogP contribution in [0.3, 0.4) is 0 Å². The molecule has 1 aliphatic heterocycles. The molecule has 3 rings (SSSR count). The zero-order valence-corrected chi connectivity index (χ0v) is 16.6. The van der Waals surface area contributed by atoms with Gasteiger partial charge in [-0.3, -0.25) is 5.41 Å². The van der Waals surface area contributed by atoms with Crippen molar-refractivity contribution in [1.82, 2.24) is 0 Å². The zero-order chi connectivity index (χ0) is 19.0. The van der Waals surface area contributed by atoms with E-state index in [1.807, 2.05) is 38.1 Å². The van der Waals surface area contributed by atoms with E-state index in [2.05, 4.69) is 22.0 Å². The second-order valence-electron chi connectivity index (χ2n) is 6.21. The summed E-state index contributed by atoms with van der Waals surface area (Å²) in [5, 5.41) is 17.9. The number of nitrogens with one attached hydrogen (secondary N) is 1. The average Bonchev–Trinajstić information content (AvgIpc) is 2.63. The molecule has 0 amide bonds. The monoisotopic (exact) mass is 414 g/mol. The van der Waals surface area contributed by atoms with Gasteiger partial charge in [0.25, 0.3) is 0 Å². The van der Waals surface area contributed by atoms with Crippen molar-refractivity contribution < 1.29 is 14.2 Å². The van der Waals surface area contributed by atoms with E-state index in [0.717, 1.165) is 26.7 Å². The maximum Gasteiger partial charge on any atom is 0.205 e. The predicted molar refractivity (Wildman–Crippen MR) is 102 cm³/mol. The third-order valence-corrected chi connectivity index (χ3v) is 5.41. The number of aryl methyl sites for hydroxylation is 1. The summed E-state index contributed by atoms with van der Waals surface area (Å²) >= 11 is 3.52. The predicted octanol–water partition coefficient (Wildman–Crippen LogP) is 4.72. The minimum absolute atomic E-state index is 0.0374. The minimum Gasteiger partial charge on any atom is -0.493 e. The fourth-order valence-corrected chi connectivity index (χ4v) is 3.94. The number of benzene rings is 2. The van der Waals surface area contributed by atoms with Crippen LogP contribution in [0.5, 0.6) is 17.2 Å². The summed E-state index contributed by atoms with van der Waals surface area (Å²) in [7, 11) is 3.15. The first kappa shape index (κ1) is 18.3.